The Morgan fingerprint density at radius 1 is 1.35 bits per heavy atom. The molecule has 1 aromatic rings. The molecule has 0 radical (unpaired) electrons. The zero-order valence-electron chi connectivity index (χ0n) is 9.84. The van der Waals surface area contributed by atoms with Gasteiger partial charge in [-0.15, -0.1) is 0 Å². The van der Waals surface area contributed by atoms with Crippen LogP contribution >= 0.6 is 11.6 Å². The Bertz CT molecular complexity index is 389. The lowest BCUT2D eigenvalue weighted by Crippen LogP contribution is -3.10. The van der Waals surface area contributed by atoms with E-state index in [-0.39, 0.29) is 5.91 Å². The van der Waals surface area contributed by atoms with E-state index in [4.69, 9.17) is 11.6 Å². The summed E-state index contributed by atoms with van der Waals surface area (Å²) in [7, 11) is 0. The molecule has 1 heterocycles. The van der Waals surface area contributed by atoms with E-state index < -0.39 is 0 Å². The molecule has 4 heteroatoms. The quantitative estimate of drug-likeness (QED) is 0.816. The second kappa shape index (κ2) is 6.03. The van der Waals surface area contributed by atoms with E-state index in [1.807, 2.05) is 0 Å². The van der Waals surface area contributed by atoms with Crippen molar-refractivity contribution in [1.82, 2.24) is 5.32 Å². The molecule has 1 aliphatic rings. The van der Waals surface area contributed by atoms with E-state index in [0.29, 0.717) is 10.6 Å². The van der Waals surface area contributed by atoms with E-state index in [2.05, 4.69) is 5.32 Å². The van der Waals surface area contributed by atoms with E-state index in [1.165, 1.54) is 25.9 Å². The molecule has 1 amide bonds. The molecule has 2 N–H and O–H groups in total. The fourth-order valence-electron chi connectivity index (χ4n) is 2.21. The number of hydrogen-bond acceptors (Lipinski definition) is 1. The van der Waals surface area contributed by atoms with Gasteiger partial charge < -0.3 is 10.2 Å². The highest BCUT2D eigenvalue weighted by Gasteiger charge is 2.14. The molecule has 0 spiro atoms. The predicted octanol–water partition coefficient (Wildman–Crippen LogP) is 0.748. The molecule has 3 nitrogen and oxygen atoms in total. The predicted molar refractivity (Wildman–Crippen MR) is 68.6 cm³/mol. The standard InChI is InChI=1S/C13H17ClN2O/c14-12-5-3-4-11(10-12)13(17)15-6-9-16-7-1-2-8-16/h3-5,10H,1-2,6-9H2,(H,15,17)/p+1. The van der Waals surface area contributed by atoms with Crippen molar-refractivity contribution in [2.45, 2.75) is 12.8 Å². The van der Waals surface area contributed by atoms with Gasteiger partial charge in [0.15, 0.2) is 0 Å². The fourth-order valence-corrected chi connectivity index (χ4v) is 2.40. The summed E-state index contributed by atoms with van der Waals surface area (Å²) in [6.07, 6.45) is 2.63. The van der Waals surface area contributed by atoms with Crippen LogP contribution in [0, 0.1) is 0 Å². The number of rotatable bonds is 4. The first-order valence-electron chi connectivity index (χ1n) is 6.13. The number of benzene rings is 1. The van der Waals surface area contributed by atoms with Crippen LogP contribution in [0.2, 0.25) is 5.02 Å². The van der Waals surface area contributed by atoms with Crippen molar-refractivity contribution in [3.63, 3.8) is 0 Å². The minimum atomic E-state index is -0.0360. The van der Waals surface area contributed by atoms with Crippen LogP contribution in [0.5, 0.6) is 0 Å². The lowest BCUT2D eigenvalue weighted by Gasteiger charge is -2.12. The maximum Gasteiger partial charge on any atom is 0.251 e. The molecule has 17 heavy (non-hydrogen) atoms. The van der Waals surface area contributed by atoms with Gasteiger partial charge in [-0.3, -0.25) is 4.79 Å². The third-order valence-corrected chi connectivity index (χ3v) is 3.40. The van der Waals surface area contributed by atoms with Crippen LogP contribution in [0.25, 0.3) is 0 Å². The van der Waals surface area contributed by atoms with Crippen LogP contribution in [0.15, 0.2) is 24.3 Å². The van der Waals surface area contributed by atoms with Crippen LogP contribution < -0.4 is 10.2 Å². The normalized spacial score (nSPS) is 16.1. The fraction of sp³-hybridized carbons (Fsp3) is 0.462. The second-order valence-corrected chi connectivity index (χ2v) is 4.91. The van der Waals surface area contributed by atoms with Gasteiger partial charge in [-0.1, -0.05) is 17.7 Å². The van der Waals surface area contributed by atoms with E-state index >= 15 is 0 Å². The van der Waals surface area contributed by atoms with Crippen molar-refractivity contribution in [2.75, 3.05) is 26.2 Å². The Hall–Kier alpha value is -1.06. The first-order chi connectivity index (χ1) is 8.25. The highest BCUT2D eigenvalue weighted by molar-refractivity contribution is 6.30. The lowest BCUT2D eigenvalue weighted by molar-refractivity contribution is -0.886. The average Bonchev–Trinajstić information content (AvgIpc) is 2.82. The molecule has 0 aliphatic carbocycles. The molecule has 0 bridgehead atoms. The molecular weight excluding hydrogens is 236 g/mol. The molecule has 92 valence electrons. The smallest absolute Gasteiger partial charge is 0.251 e. The Kier molecular flexibility index (Phi) is 4.40. The number of likely N-dealkylation sites (tertiary alicyclic amines) is 1. The van der Waals surface area contributed by atoms with Crippen LogP contribution in [-0.2, 0) is 0 Å². The summed E-state index contributed by atoms with van der Waals surface area (Å²) in [6.45, 7) is 4.24. The maximum atomic E-state index is 11.8. The first kappa shape index (κ1) is 12.4. The highest BCUT2D eigenvalue weighted by atomic mass is 35.5. The van der Waals surface area contributed by atoms with E-state index in [9.17, 15) is 4.79 Å². The molecule has 0 unspecified atom stereocenters. The van der Waals surface area contributed by atoms with Crippen molar-refractivity contribution in [1.29, 1.82) is 0 Å². The summed E-state index contributed by atoms with van der Waals surface area (Å²) in [5, 5.41) is 3.53. The number of nitrogens with one attached hydrogen (secondary N) is 2. The van der Waals surface area contributed by atoms with Crippen molar-refractivity contribution in [3.05, 3.63) is 34.9 Å². The first-order valence-corrected chi connectivity index (χ1v) is 6.51. The number of halogens is 1. The zero-order chi connectivity index (χ0) is 12.1. The third kappa shape index (κ3) is 3.72. The van der Waals surface area contributed by atoms with Gasteiger partial charge in [0.25, 0.3) is 5.91 Å². The Morgan fingerprint density at radius 2 is 2.12 bits per heavy atom. The van der Waals surface area contributed by atoms with Crippen LogP contribution in [0.3, 0.4) is 0 Å². The SMILES string of the molecule is O=C(NCC[NH+]1CCCC1)c1cccc(Cl)c1. The van der Waals surface area contributed by atoms with Crippen LogP contribution in [0.4, 0.5) is 0 Å². The summed E-state index contributed by atoms with van der Waals surface area (Å²) < 4.78 is 0. The Balaban J connectivity index is 1.77. The minimum absolute atomic E-state index is 0.0360. The topological polar surface area (TPSA) is 33.5 Å². The molecule has 2 rings (SSSR count). The number of hydrogen-bond donors (Lipinski definition) is 2. The molecule has 1 aromatic carbocycles. The Labute approximate surface area is 107 Å². The summed E-state index contributed by atoms with van der Waals surface area (Å²) in [4.78, 5) is 13.4. The summed E-state index contributed by atoms with van der Waals surface area (Å²) >= 11 is 5.84. The Morgan fingerprint density at radius 3 is 2.82 bits per heavy atom. The minimum Gasteiger partial charge on any atom is -0.346 e. The molecular formula is C13H18ClN2O+. The largest absolute Gasteiger partial charge is 0.346 e. The van der Waals surface area contributed by atoms with Gasteiger partial charge in [0.2, 0.25) is 0 Å². The molecule has 1 aliphatic heterocycles. The number of amides is 1. The molecule has 0 saturated carbocycles. The molecule has 1 saturated heterocycles. The molecule has 1 fully saturated rings. The highest BCUT2D eigenvalue weighted by Crippen LogP contribution is 2.10. The van der Waals surface area contributed by atoms with Crippen LogP contribution in [-0.4, -0.2) is 32.1 Å². The number of quaternary nitrogens is 1. The average molecular weight is 254 g/mol. The van der Waals surface area contributed by atoms with Crippen molar-refractivity contribution < 1.29 is 9.69 Å². The number of carbonyl (C=O) groups excluding carboxylic acids is 1. The van der Waals surface area contributed by atoms with Gasteiger partial charge in [-0.05, 0) is 18.2 Å². The third-order valence-electron chi connectivity index (χ3n) is 3.16. The van der Waals surface area contributed by atoms with Crippen molar-refractivity contribution in [2.24, 2.45) is 0 Å². The second-order valence-electron chi connectivity index (χ2n) is 4.47. The van der Waals surface area contributed by atoms with E-state index in [1.54, 1.807) is 29.2 Å². The lowest BCUT2D eigenvalue weighted by atomic mass is 10.2. The maximum absolute atomic E-state index is 11.8. The van der Waals surface area contributed by atoms with Crippen molar-refractivity contribution in [3.8, 4) is 0 Å². The van der Waals surface area contributed by atoms with Gasteiger partial charge in [-0.2, -0.15) is 0 Å². The summed E-state index contributed by atoms with van der Waals surface area (Å²) in [5.74, 6) is -0.0360. The van der Waals surface area contributed by atoms with Crippen molar-refractivity contribution >= 4 is 17.5 Å². The summed E-state index contributed by atoms with van der Waals surface area (Å²) in [6, 6.07) is 7.04. The summed E-state index contributed by atoms with van der Waals surface area (Å²) in [5.41, 5.74) is 0.633. The van der Waals surface area contributed by atoms with Crippen LogP contribution in [0.1, 0.15) is 23.2 Å². The monoisotopic (exact) mass is 253 g/mol. The van der Waals surface area contributed by atoms with Gasteiger partial charge in [0.05, 0.1) is 26.2 Å². The van der Waals surface area contributed by atoms with Gasteiger partial charge in [0.1, 0.15) is 0 Å². The molecule has 0 atom stereocenters. The zero-order valence-corrected chi connectivity index (χ0v) is 10.6. The van der Waals surface area contributed by atoms with Gasteiger partial charge >= 0.3 is 0 Å². The molecule has 0 aromatic heterocycles. The van der Waals surface area contributed by atoms with Gasteiger partial charge in [0, 0.05) is 23.4 Å². The number of carbonyl (C=O) groups is 1. The van der Waals surface area contributed by atoms with Gasteiger partial charge in [-0.25, -0.2) is 0 Å². The van der Waals surface area contributed by atoms with E-state index in [0.717, 1.165) is 13.1 Å².